The molecular formula is C11H15OS+. The van der Waals surface area contributed by atoms with Gasteiger partial charge >= 0.3 is 0 Å². The number of benzene rings is 1. The first-order chi connectivity index (χ1) is 6.09. The van der Waals surface area contributed by atoms with Crippen LogP contribution in [-0.4, -0.2) is 17.1 Å². The van der Waals surface area contributed by atoms with Crippen molar-refractivity contribution in [3.8, 4) is 5.75 Å². The van der Waals surface area contributed by atoms with Crippen LogP contribution < -0.4 is 0 Å². The van der Waals surface area contributed by atoms with Crippen LogP contribution in [0.1, 0.15) is 6.92 Å². The van der Waals surface area contributed by atoms with E-state index >= 15 is 0 Å². The van der Waals surface area contributed by atoms with Gasteiger partial charge in [0.2, 0.25) is 0 Å². The molecule has 0 aromatic heterocycles. The molecule has 0 saturated heterocycles. The van der Waals surface area contributed by atoms with Gasteiger partial charge < -0.3 is 5.11 Å². The third-order valence-corrected chi connectivity index (χ3v) is 3.70. The van der Waals surface area contributed by atoms with E-state index in [9.17, 15) is 0 Å². The number of hydrogen-bond acceptors (Lipinski definition) is 1. The van der Waals surface area contributed by atoms with Gasteiger partial charge in [-0.05, 0) is 36.8 Å². The SMILES string of the molecule is C=C(C)C[S+](C)c1ccc(O)cc1. The fourth-order valence-corrected chi connectivity index (χ4v) is 2.64. The number of aromatic hydroxyl groups is 1. The highest BCUT2D eigenvalue weighted by Crippen LogP contribution is 2.17. The van der Waals surface area contributed by atoms with Crippen LogP contribution in [0.25, 0.3) is 0 Å². The van der Waals surface area contributed by atoms with Crippen molar-refractivity contribution in [3.05, 3.63) is 36.4 Å². The van der Waals surface area contributed by atoms with Crippen LogP contribution in [0, 0.1) is 0 Å². The minimum atomic E-state index is 0.218. The Kier molecular flexibility index (Phi) is 3.43. The molecule has 0 aliphatic rings. The lowest BCUT2D eigenvalue weighted by Crippen LogP contribution is -2.05. The molecule has 0 radical (unpaired) electrons. The van der Waals surface area contributed by atoms with Crippen molar-refractivity contribution in [2.75, 3.05) is 12.0 Å². The Labute approximate surface area is 82.5 Å². The van der Waals surface area contributed by atoms with Crippen molar-refractivity contribution in [1.82, 2.24) is 0 Å². The zero-order valence-electron chi connectivity index (χ0n) is 8.08. The van der Waals surface area contributed by atoms with E-state index in [1.165, 1.54) is 10.5 Å². The van der Waals surface area contributed by atoms with Gasteiger partial charge in [-0.2, -0.15) is 0 Å². The predicted molar refractivity (Wildman–Crippen MR) is 59.3 cm³/mol. The summed E-state index contributed by atoms with van der Waals surface area (Å²) in [6.07, 6.45) is 2.20. The quantitative estimate of drug-likeness (QED) is 0.580. The summed E-state index contributed by atoms with van der Waals surface area (Å²) in [5.41, 5.74) is 1.21. The van der Waals surface area contributed by atoms with E-state index in [0.717, 1.165) is 5.75 Å². The van der Waals surface area contributed by atoms with E-state index in [-0.39, 0.29) is 10.9 Å². The van der Waals surface area contributed by atoms with E-state index in [1.807, 2.05) is 19.1 Å². The van der Waals surface area contributed by atoms with Crippen LogP contribution in [0.3, 0.4) is 0 Å². The molecule has 0 spiro atoms. The molecule has 0 aliphatic heterocycles. The van der Waals surface area contributed by atoms with Gasteiger partial charge in [-0.3, -0.25) is 0 Å². The topological polar surface area (TPSA) is 20.2 Å². The first-order valence-electron chi connectivity index (χ1n) is 4.15. The van der Waals surface area contributed by atoms with Crippen molar-refractivity contribution in [3.63, 3.8) is 0 Å². The molecule has 1 aromatic carbocycles. The first kappa shape index (κ1) is 10.2. The fourth-order valence-electron chi connectivity index (χ4n) is 1.13. The molecular weight excluding hydrogens is 180 g/mol. The summed E-state index contributed by atoms with van der Waals surface area (Å²) in [7, 11) is 0.218. The minimum Gasteiger partial charge on any atom is -0.508 e. The Morgan fingerprint density at radius 1 is 1.38 bits per heavy atom. The molecule has 1 aromatic rings. The lowest BCUT2D eigenvalue weighted by molar-refractivity contribution is 0.475. The average Bonchev–Trinajstić information content (AvgIpc) is 2.04. The Balaban J connectivity index is 2.71. The van der Waals surface area contributed by atoms with Crippen LogP contribution in [0.4, 0.5) is 0 Å². The molecule has 13 heavy (non-hydrogen) atoms. The number of hydrogen-bond donors (Lipinski definition) is 1. The molecule has 1 N–H and O–H groups in total. The second kappa shape index (κ2) is 4.38. The smallest absolute Gasteiger partial charge is 0.155 e. The molecule has 1 nitrogen and oxygen atoms in total. The number of rotatable bonds is 3. The van der Waals surface area contributed by atoms with Crippen LogP contribution in [0.15, 0.2) is 41.3 Å². The van der Waals surface area contributed by atoms with Crippen LogP contribution in [0.5, 0.6) is 5.75 Å². The molecule has 2 heteroatoms. The Morgan fingerprint density at radius 2 is 1.92 bits per heavy atom. The maximum Gasteiger partial charge on any atom is 0.155 e. The average molecular weight is 195 g/mol. The monoisotopic (exact) mass is 195 g/mol. The zero-order chi connectivity index (χ0) is 9.84. The molecule has 1 atom stereocenters. The summed E-state index contributed by atoms with van der Waals surface area (Å²) < 4.78 is 0. The van der Waals surface area contributed by atoms with E-state index in [4.69, 9.17) is 5.11 Å². The van der Waals surface area contributed by atoms with Crippen LogP contribution in [0.2, 0.25) is 0 Å². The minimum absolute atomic E-state index is 0.218. The highest BCUT2D eigenvalue weighted by Gasteiger charge is 2.14. The van der Waals surface area contributed by atoms with Crippen LogP contribution >= 0.6 is 0 Å². The summed E-state index contributed by atoms with van der Waals surface area (Å²) in [6.45, 7) is 5.94. The molecule has 0 amide bonds. The summed E-state index contributed by atoms with van der Waals surface area (Å²) in [6, 6.07) is 7.41. The highest BCUT2D eigenvalue weighted by molar-refractivity contribution is 7.96. The van der Waals surface area contributed by atoms with Crippen molar-refractivity contribution in [2.24, 2.45) is 0 Å². The molecule has 0 heterocycles. The maximum atomic E-state index is 9.11. The van der Waals surface area contributed by atoms with Crippen molar-refractivity contribution in [1.29, 1.82) is 0 Å². The summed E-state index contributed by atoms with van der Waals surface area (Å²) in [4.78, 5) is 1.28. The van der Waals surface area contributed by atoms with Crippen LogP contribution in [-0.2, 0) is 10.9 Å². The molecule has 1 unspecified atom stereocenters. The molecule has 0 saturated carbocycles. The molecule has 70 valence electrons. The zero-order valence-corrected chi connectivity index (χ0v) is 8.90. The van der Waals surface area contributed by atoms with Gasteiger partial charge in [-0.25, -0.2) is 0 Å². The maximum absolute atomic E-state index is 9.11. The second-order valence-electron chi connectivity index (χ2n) is 3.23. The number of phenolic OH excluding ortho intramolecular Hbond substituents is 1. The lowest BCUT2D eigenvalue weighted by atomic mass is 10.3. The third kappa shape index (κ3) is 3.15. The van der Waals surface area contributed by atoms with Gasteiger partial charge in [0.05, 0.1) is 0 Å². The third-order valence-electron chi connectivity index (χ3n) is 1.70. The normalized spacial score (nSPS) is 12.5. The van der Waals surface area contributed by atoms with Crippen molar-refractivity contribution >= 4 is 10.9 Å². The van der Waals surface area contributed by atoms with E-state index in [2.05, 4.69) is 12.8 Å². The van der Waals surface area contributed by atoms with Gasteiger partial charge in [0, 0.05) is 10.9 Å². The molecule has 1 rings (SSSR count). The second-order valence-corrected chi connectivity index (χ2v) is 5.27. The van der Waals surface area contributed by atoms with E-state index in [0.29, 0.717) is 5.75 Å². The fraction of sp³-hybridized carbons (Fsp3) is 0.273. The largest absolute Gasteiger partial charge is 0.508 e. The van der Waals surface area contributed by atoms with E-state index in [1.54, 1.807) is 12.1 Å². The van der Waals surface area contributed by atoms with E-state index < -0.39 is 0 Å². The highest BCUT2D eigenvalue weighted by atomic mass is 32.2. The van der Waals surface area contributed by atoms with Crippen molar-refractivity contribution in [2.45, 2.75) is 11.8 Å². The summed E-state index contributed by atoms with van der Waals surface area (Å²) in [5, 5.41) is 9.11. The Morgan fingerprint density at radius 3 is 2.38 bits per heavy atom. The predicted octanol–water partition coefficient (Wildman–Crippen LogP) is 2.58. The molecule has 0 fully saturated rings. The summed E-state index contributed by atoms with van der Waals surface area (Å²) >= 11 is 0. The Bertz CT molecular complexity index is 289. The lowest BCUT2D eigenvalue weighted by Gasteiger charge is -2.02. The molecule has 0 bridgehead atoms. The van der Waals surface area contributed by atoms with Gasteiger partial charge in [-0.15, -0.1) is 0 Å². The summed E-state index contributed by atoms with van der Waals surface area (Å²) in [5.74, 6) is 1.36. The van der Waals surface area contributed by atoms with Gasteiger partial charge in [0.1, 0.15) is 17.8 Å². The molecule has 0 aliphatic carbocycles. The standard InChI is InChI=1S/C11H14OS/c1-9(2)8-13(3)11-6-4-10(12)5-7-11/h4-7H,1,8H2,2-3H3/p+1. The van der Waals surface area contributed by atoms with Gasteiger partial charge in [0.15, 0.2) is 4.90 Å². The number of phenols is 1. The van der Waals surface area contributed by atoms with Crippen molar-refractivity contribution < 1.29 is 5.11 Å². The Hall–Kier alpha value is -0.890. The first-order valence-corrected chi connectivity index (χ1v) is 5.96. The van der Waals surface area contributed by atoms with Gasteiger partial charge in [-0.1, -0.05) is 6.58 Å². The van der Waals surface area contributed by atoms with Gasteiger partial charge in [0.25, 0.3) is 0 Å².